The highest BCUT2D eigenvalue weighted by Crippen LogP contribution is 2.32. The van der Waals surface area contributed by atoms with E-state index in [1.807, 2.05) is 24.3 Å². The van der Waals surface area contributed by atoms with Crippen molar-refractivity contribution in [2.75, 3.05) is 7.11 Å². The predicted molar refractivity (Wildman–Crippen MR) is 84.6 cm³/mol. The fraction of sp³-hybridized carbons (Fsp3) is 0.200. The van der Waals surface area contributed by atoms with Crippen LogP contribution in [0.3, 0.4) is 0 Å². The second-order valence-electron chi connectivity index (χ2n) is 4.07. The first-order valence-corrected chi connectivity index (χ1v) is 7.75. The van der Waals surface area contributed by atoms with E-state index in [9.17, 15) is 0 Å². The van der Waals surface area contributed by atoms with E-state index in [4.69, 9.17) is 10.5 Å². The summed E-state index contributed by atoms with van der Waals surface area (Å²) in [5.74, 6) is 1.77. The molecule has 0 saturated carbocycles. The van der Waals surface area contributed by atoms with Gasteiger partial charge in [-0.2, -0.15) is 0 Å². The minimum Gasteiger partial charge on any atom is -0.496 e. The van der Waals surface area contributed by atoms with Gasteiger partial charge in [0.15, 0.2) is 0 Å². The Bertz CT molecular complexity index is 560. The van der Waals surface area contributed by atoms with Crippen molar-refractivity contribution in [3.05, 3.63) is 58.1 Å². The zero-order chi connectivity index (χ0) is 13.7. The van der Waals surface area contributed by atoms with E-state index in [1.165, 1.54) is 10.5 Å². The Kier molecular flexibility index (Phi) is 5.31. The lowest BCUT2D eigenvalue weighted by Crippen LogP contribution is -1.98. The van der Waals surface area contributed by atoms with Crippen molar-refractivity contribution >= 4 is 27.7 Å². The van der Waals surface area contributed by atoms with E-state index in [0.29, 0.717) is 6.54 Å². The first kappa shape index (κ1) is 14.4. The minimum absolute atomic E-state index is 0.552. The molecule has 4 heteroatoms. The molecule has 2 aromatic rings. The van der Waals surface area contributed by atoms with Crippen LogP contribution in [-0.2, 0) is 12.3 Å². The van der Waals surface area contributed by atoms with Crippen molar-refractivity contribution in [1.29, 1.82) is 0 Å². The third-order valence-corrected chi connectivity index (χ3v) is 4.88. The van der Waals surface area contributed by atoms with Crippen molar-refractivity contribution < 1.29 is 4.74 Å². The fourth-order valence-electron chi connectivity index (χ4n) is 1.79. The number of rotatable bonds is 5. The zero-order valence-corrected chi connectivity index (χ0v) is 13.1. The van der Waals surface area contributed by atoms with Gasteiger partial charge in [0.25, 0.3) is 0 Å². The Balaban J connectivity index is 2.16. The molecule has 2 nitrogen and oxygen atoms in total. The summed E-state index contributed by atoms with van der Waals surface area (Å²) in [4.78, 5) is 1.22. The maximum absolute atomic E-state index is 5.69. The van der Waals surface area contributed by atoms with Crippen LogP contribution in [0.5, 0.6) is 5.75 Å². The Morgan fingerprint density at radius 3 is 2.68 bits per heavy atom. The van der Waals surface area contributed by atoms with Gasteiger partial charge in [0.05, 0.1) is 7.11 Å². The molecule has 0 amide bonds. The molecule has 0 saturated heterocycles. The van der Waals surface area contributed by atoms with Crippen LogP contribution >= 0.6 is 27.7 Å². The number of methoxy groups -OCH3 is 1. The molecular weight excluding hydrogens is 322 g/mol. The average Bonchev–Trinajstić information content (AvgIpc) is 2.46. The third-order valence-electron chi connectivity index (χ3n) is 2.80. The van der Waals surface area contributed by atoms with Gasteiger partial charge in [-0.05, 0) is 45.8 Å². The van der Waals surface area contributed by atoms with Crippen LogP contribution in [0.15, 0.2) is 51.8 Å². The lowest BCUT2D eigenvalue weighted by Gasteiger charge is -2.10. The number of thioether (sulfide) groups is 1. The summed E-state index contributed by atoms with van der Waals surface area (Å²) in [6.07, 6.45) is 0. The van der Waals surface area contributed by atoms with Crippen LogP contribution in [0.1, 0.15) is 11.1 Å². The van der Waals surface area contributed by atoms with Gasteiger partial charge in [0.1, 0.15) is 5.75 Å². The molecule has 2 N–H and O–H groups in total. The summed E-state index contributed by atoms with van der Waals surface area (Å²) in [5, 5.41) is 0. The first-order valence-electron chi connectivity index (χ1n) is 5.97. The van der Waals surface area contributed by atoms with E-state index >= 15 is 0 Å². The predicted octanol–water partition coefficient (Wildman–Crippen LogP) is 4.21. The fourth-order valence-corrected chi connectivity index (χ4v) is 3.33. The average molecular weight is 338 g/mol. The standard InChI is InChI=1S/C15H16BrNOS/c1-18-14-7-6-11(9-17)8-12(14)10-19-15-5-3-2-4-13(15)16/h2-8H,9-10,17H2,1H3. The van der Waals surface area contributed by atoms with Crippen molar-refractivity contribution in [3.63, 3.8) is 0 Å². The van der Waals surface area contributed by atoms with E-state index in [2.05, 4.69) is 34.1 Å². The summed E-state index contributed by atoms with van der Waals surface area (Å²) in [6, 6.07) is 14.3. The Morgan fingerprint density at radius 1 is 1.21 bits per heavy atom. The van der Waals surface area contributed by atoms with Gasteiger partial charge in [-0.1, -0.05) is 18.2 Å². The zero-order valence-electron chi connectivity index (χ0n) is 10.7. The van der Waals surface area contributed by atoms with Gasteiger partial charge < -0.3 is 10.5 Å². The smallest absolute Gasteiger partial charge is 0.122 e. The van der Waals surface area contributed by atoms with Gasteiger partial charge in [-0.25, -0.2) is 0 Å². The molecule has 0 aliphatic heterocycles. The summed E-state index contributed by atoms with van der Waals surface area (Å²) in [6.45, 7) is 0.552. The molecule has 100 valence electrons. The number of benzene rings is 2. The summed E-state index contributed by atoms with van der Waals surface area (Å²) >= 11 is 5.34. The monoisotopic (exact) mass is 337 g/mol. The highest BCUT2D eigenvalue weighted by atomic mass is 79.9. The Hall–Kier alpha value is -0.970. The maximum Gasteiger partial charge on any atom is 0.122 e. The molecule has 0 heterocycles. The molecular formula is C15H16BrNOS. The highest BCUT2D eigenvalue weighted by molar-refractivity contribution is 9.10. The van der Waals surface area contributed by atoms with E-state index in [1.54, 1.807) is 18.9 Å². The molecule has 0 aromatic heterocycles. The van der Waals surface area contributed by atoms with E-state index in [-0.39, 0.29) is 0 Å². The minimum atomic E-state index is 0.552. The molecule has 0 radical (unpaired) electrons. The second-order valence-corrected chi connectivity index (χ2v) is 5.94. The number of halogens is 1. The third kappa shape index (κ3) is 3.75. The van der Waals surface area contributed by atoms with Crippen LogP contribution in [0.25, 0.3) is 0 Å². The number of nitrogens with two attached hydrogens (primary N) is 1. The van der Waals surface area contributed by atoms with Crippen molar-refractivity contribution in [3.8, 4) is 5.75 Å². The quantitative estimate of drug-likeness (QED) is 0.830. The Labute approximate surface area is 126 Å². The molecule has 0 aliphatic carbocycles. The lowest BCUT2D eigenvalue weighted by atomic mass is 10.1. The molecule has 19 heavy (non-hydrogen) atoms. The van der Waals surface area contributed by atoms with Crippen molar-refractivity contribution in [2.45, 2.75) is 17.2 Å². The number of ether oxygens (including phenoxy) is 1. The van der Waals surface area contributed by atoms with Crippen LogP contribution in [0.4, 0.5) is 0 Å². The van der Waals surface area contributed by atoms with Gasteiger partial charge in [-0.3, -0.25) is 0 Å². The lowest BCUT2D eigenvalue weighted by molar-refractivity contribution is 0.411. The van der Waals surface area contributed by atoms with Crippen molar-refractivity contribution in [2.24, 2.45) is 5.73 Å². The molecule has 2 rings (SSSR count). The molecule has 0 spiro atoms. The van der Waals surface area contributed by atoms with Gasteiger partial charge >= 0.3 is 0 Å². The van der Waals surface area contributed by atoms with Gasteiger partial charge in [0.2, 0.25) is 0 Å². The SMILES string of the molecule is COc1ccc(CN)cc1CSc1ccccc1Br. The number of hydrogen-bond donors (Lipinski definition) is 1. The van der Waals surface area contributed by atoms with E-state index in [0.717, 1.165) is 21.5 Å². The summed E-state index contributed by atoms with van der Waals surface area (Å²) < 4.78 is 6.52. The van der Waals surface area contributed by atoms with Crippen LogP contribution in [0, 0.1) is 0 Å². The summed E-state index contributed by atoms with van der Waals surface area (Å²) in [5.41, 5.74) is 7.99. The van der Waals surface area contributed by atoms with E-state index < -0.39 is 0 Å². The molecule has 0 fully saturated rings. The largest absolute Gasteiger partial charge is 0.496 e. The Morgan fingerprint density at radius 2 is 2.00 bits per heavy atom. The maximum atomic E-state index is 5.69. The van der Waals surface area contributed by atoms with Crippen molar-refractivity contribution in [1.82, 2.24) is 0 Å². The van der Waals surface area contributed by atoms with Gasteiger partial charge in [0, 0.05) is 27.2 Å². The second kappa shape index (κ2) is 6.98. The van der Waals surface area contributed by atoms with Crippen LogP contribution < -0.4 is 10.5 Å². The molecule has 0 aliphatic rings. The molecule has 2 aromatic carbocycles. The molecule has 0 bridgehead atoms. The van der Waals surface area contributed by atoms with Crippen LogP contribution in [-0.4, -0.2) is 7.11 Å². The number of hydrogen-bond acceptors (Lipinski definition) is 3. The molecule has 0 atom stereocenters. The normalized spacial score (nSPS) is 10.5. The first-order chi connectivity index (χ1) is 9.24. The summed E-state index contributed by atoms with van der Waals surface area (Å²) in [7, 11) is 1.70. The highest BCUT2D eigenvalue weighted by Gasteiger charge is 2.06. The van der Waals surface area contributed by atoms with Gasteiger partial charge in [-0.15, -0.1) is 11.8 Å². The topological polar surface area (TPSA) is 35.2 Å². The molecule has 0 unspecified atom stereocenters. The van der Waals surface area contributed by atoms with Crippen LogP contribution in [0.2, 0.25) is 0 Å².